The van der Waals surface area contributed by atoms with E-state index in [0.29, 0.717) is 25.9 Å². The van der Waals surface area contributed by atoms with Crippen LogP contribution in [0.3, 0.4) is 0 Å². The van der Waals surface area contributed by atoms with Gasteiger partial charge < -0.3 is 10.0 Å². The predicted octanol–water partition coefficient (Wildman–Crippen LogP) is 3.01. The van der Waals surface area contributed by atoms with Gasteiger partial charge in [0.25, 0.3) is 5.91 Å². The quantitative estimate of drug-likeness (QED) is 0.922. The zero-order chi connectivity index (χ0) is 13.9. The van der Waals surface area contributed by atoms with Crippen LogP contribution in [-0.4, -0.2) is 35.1 Å². The molecule has 1 amide bonds. The maximum absolute atomic E-state index is 12.6. The van der Waals surface area contributed by atoms with Gasteiger partial charge in [-0.05, 0) is 29.9 Å². The molecule has 20 heavy (non-hydrogen) atoms. The average molecular weight is 287 g/mol. The molecule has 2 heterocycles. The summed E-state index contributed by atoms with van der Waals surface area (Å²) in [5.74, 6) is 0.0887. The van der Waals surface area contributed by atoms with Crippen molar-refractivity contribution in [1.29, 1.82) is 0 Å². The van der Waals surface area contributed by atoms with Crippen molar-refractivity contribution < 1.29 is 9.90 Å². The summed E-state index contributed by atoms with van der Waals surface area (Å²) in [6, 6.07) is 12.0. The Kier molecular flexibility index (Phi) is 3.85. The fourth-order valence-corrected chi connectivity index (χ4v) is 3.42. The van der Waals surface area contributed by atoms with Gasteiger partial charge >= 0.3 is 0 Å². The number of thiophene rings is 1. The summed E-state index contributed by atoms with van der Waals surface area (Å²) in [6.45, 7) is 1.29. The molecule has 1 saturated heterocycles. The van der Waals surface area contributed by atoms with E-state index >= 15 is 0 Å². The lowest BCUT2D eigenvalue weighted by molar-refractivity contribution is 0.0551. The molecule has 0 saturated carbocycles. The molecular weight excluding hydrogens is 270 g/mol. The lowest BCUT2D eigenvalue weighted by Gasteiger charge is -2.29. The zero-order valence-corrected chi connectivity index (χ0v) is 12.0. The highest BCUT2D eigenvalue weighted by Crippen LogP contribution is 2.30. The van der Waals surface area contributed by atoms with Crippen molar-refractivity contribution in [2.24, 2.45) is 0 Å². The molecule has 1 N–H and O–H groups in total. The summed E-state index contributed by atoms with van der Waals surface area (Å²) >= 11 is 1.49. The first-order chi connectivity index (χ1) is 9.75. The van der Waals surface area contributed by atoms with Gasteiger partial charge in [-0.2, -0.15) is 0 Å². The second kappa shape index (κ2) is 5.77. The van der Waals surface area contributed by atoms with Gasteiger partial charge in [-0.15, -0.1) is 11.3 Å². The number of hydrogen-bond donors (Lipinski definition) is 1. The van der Waals surface area contributed by atoms with Crippen LogP contribution in [0.2, 0.25) is 0 Å². The van der Waals surface area contributed by atoms with E-state index < -0.39 is 0 Å². The summed E-state index contributed by atoms with van der Waals surface area (Å²) in [7, 11) is 0. The van der Waals surface area contributed by atoms with E-state index in [2.05, 4.69) is 0 Å². The van der Waals surface area contributed by atoms with Crippen LogP contribution in [0.15, 0.2) is 41.8 Å². The summed E-state index contributed by atoms with van der Waals surface area (Å²) in [5.41, 5.74) is 2.08. The van der Waals surface area contributed by atoms with Crippen LogP contribution in [0.5, 0.6) is 0 Å². The maximum Gasteiger partial charge on any atom is 0.264 e. The van der Waals surface area contributed by atoms with Crippen LogP contribution >= 0.6 is 11.3 Å². The lowest BCUT2D eigenvalue weighted by atomic mass is 10.0. The molecule has 3 rings (SSSR count). The first kappa shape index (κ1) is 13.3. The second-order valence-electron chi connectivity index (χ2n) is 5.05. The third-order valence-electron chi connectivity index (χ3n) is 3.70. The van der Waals surface area contributed by atoms with Gasteiger partial charge in [-0.25, -0.2) is 0 Å². The monoisotopic (exact) mass is 287 g/mol. The first-order valence-corrected chi connectivity index (χ1v) is 7.74. The van der Waals surface area contributed by atoms with Crippen molar-refractivity contribution in [3.05, 3.63) is 46.7 Å². The molecule has 104 valence electrons. The van der Waals surface area contributed by atoms with E-state index in [-0.39, 0.29) is 12.0 Å². The van der Waals surface area contributed by atoms with Crippen LogP contribution < -0.4 is 0 Å². The Balaban J connectivity index is 1.85. The summed E-state index contributed by atoms with van der Waals surface area (Å²) in [6.07, 6.45) is 1.10. The molecule has 1 aliphatic rings. The molecule has 1 aromatic heterocycles. The number of amides is 1. The van der Waals surface area contributed by atoms with Crippen molar-refractivity contribution in [2.45, 2.75) is 18.9 Å². The molecule has 0 atom stereocenters. The van der Waals surface area contributed by atoms with Gasteiger partial charge in [0.15, 0.2) is 0 Å². The van der Waals surface area contributed by atoms with Gasteiger partial charge in [0.2, 0.25) is 0 Å². The van der Waals surface area contributed by atoms with Gasteiger partial charge in [-0.1, -0.05) is 30.3 Å². The van der Waals surface area contributed by atoms with Gasteiger partial charge in [0.1, 0.15) is 0 Å². The summed E-state index contributed by atoms with van der Waals surface area (Å²) in [5, 5.41) is 11.5. The van der Waals surface area contributed by atoms with Crippen LogP contribution in [0.4, 0.5) is 0 Å². The van der Waals surface area contributed by atoms with E-state index in [0.717, 1.165) is 16.0 Å². The normalized spacial score (nSPS) is 16.4. The van der Waals surface area contributed by atoms with Gasteiger partial charge in [0.05, 0.1) is 11.0 Å². The van der Waals surface area contributed by atoms with E-state index in [1.165, 1.54) is 11.3 Å². The minimum absolute atomic E-state index is 0.0887. The van der Waals surface area contributed by atoms with Crippen molar-refractivity contribution >= 4 is 17.2 Å². The smallest absolute Gasteiger partial charge is 0.264 e. The van der Waals surface area contributed by atoms with Crippen LogP contribution in [-0.2, 0) is 0 Å². The fourth-order valence-electron chi connectivity index (χ4n) is 2.53. The number of aliphatic hydroxyl groups is 1. The average Bonchev–Trinajstić information content (AvgIpc) is 2.97. The third kappa shape index (κ3) is 2.62. The highest BCUT2D eigenvalue weighted by Gasteiger charge is 2.25. The minimum atomic E-state index is -0.254. The number of carbonyl (C=O) groups is 1. The number of hydrogen-bond acceptors (Lipinski definition) is 3. The molecule has 1 aliphatic heterocycles. The number of rotatable bonds is 2. The fraction of sp³-hybridized carbons (Fsp3) is 0.312. The van der Waals surface area contributed by atoms with E-state index in [1.807, 2.05) is 46.7 Å². The van der Waals surface area contributed by atoms with Crippen LogP contribution in [0.1, 0.15) is 22.5 Å². The van der Waals surface area contributed by atoms with E-state index in [4.69, 9.17) is 0 Å². The SMILES string of the molecule is O=C(c1sccc1-c1ccccc1)N1CCC(O)CC1. The summed E-state index contributed by atoms with van der Waals surface area (Å²) < 4.78 is 0. The second-order valence-corrected chi connectivity index (χ2v) is 5.97. The van der Waals surface area contributed by atoms with E-state index in [1.54, 1.807) is 0 Å². The molecule has 1 fully saturated rings. The molecule has 2 aromatic rings. The molecule has 0 radical (unpaired) electrons. The van der Waals surface area contributed by atoms with Crippen molar-refractivity contribution in [3.63, 3.8) is 0 Å². The van der Waals surface area contributed by atoms with E-state index in [9.17, 15) is 9.90 Å². The number of nitrogens with zero attached hydrogens (tertiary/aromatic N) is 1. The lowest BCUT2D eigenvalue weighted by Crippen LogP contribution is -2.39. The predicted molar refractivity (Wildman–Crippen MR) is 80.9 cm³/mol. The van der Waals surface area contributed by atoms with Crippen LogP contribution in [0, 0.1) is 0 Å². The number of aliphatic hydroxyl groups excluding tert-OH is 1. The van der Waals surface area contributed by atoms with Crippen LogP contribution in [0.25, 0.3) is 11.1 Å². The topological polar surface area (TPSA) is 40.5 Å². The molecule has 1 aromatic carbocycles. The number of benzene rings is 1. The van der Waals surface area contributed by atoms with Gasteiger partial charge in [0, 0.05) is 18.7 Å². The first-order valence-electron chi connectivity index (χ1n) is 6.86. The number of carbonyl (C=O) groups excluding carboxylic acids is 1. The standard InChI is InChI=1S/C16H17NO2S/c18-13-6-9-17(10-7-13)16(19)15-14(8-11-20-15)12-4-2-1-3-5-12/h1-5,8,11,13,18H,6-7,9-10H2. The Hall–Kier alpha value is -1.65. The molecule has 0 unspecified atom stereocenters. The van der Waals surface area contributed by atoms with Crippen molar-refractivity contribution in [1.82, 2.24) is 4.90 Å². The van der Waals surface area contributed by atoms with Crippen molar-refractivity contribution in [3.8, 4) is 11.1 Å². The molecule has 0 aliphatic carbocycles. The molecule has 3 nitrogen and oxygen atoms in total. The Labute approximate surface area is 122 Å². The molecule has 0 spiro atoms. The minimum Gasteiger partial charge on any atom is -0.393 e. The largest absolute Gasteiger partial charge is 0.393 e. The van der Waals surface area contributed by atoms with Gasteiger partial charge in [-0.3, -0.25) is 4.79 Å². The Morgan fingerprint density at radius 1 is 1.15 bits per heavy atom. The highest BCUT2D eigenvalue weighted by molar-refractivity contribution is 7.12. The number of likely N-dealkylation sites (tertiary alicyclic amines) is 1. The zero-order valence-electron chi connectivity index (χ0n) is 11.2. The molecular formula is C16H17NO2S. The summed E-state index contributed by atoms with van der Waals surface area (Å²) in [4.78, 5) is 15.3. The maximum atomic E-state index is 12.6. The Morgan fingerprint density at radius 2 is 1.85 bits per heavy atom. The number of piperidine rings is 1. The van der Waals surface area contributed by atoms with Crippen molar-refractivity contribution in [2.75, 3.05) is 13.1 Å². The third-order valence-corrected chi connectivity index (χ3v) is 4.60. The highest BCUT2D eigenvalue weighted by atomic mass is 32.1. The molecule has 0 bridgehead atoms. The Bertz CT molecular complexity index is 586. The molecule has 4 heteroatoms. The Morgan fingerprint density at radius 3 is 2.55 bits per heavy atom.